The van der Waals surface area contributed by atoms with Crippen LogP contribution in [0.25, 0.3) is 0 Å². The van der Waals surface area contributed by atoms with Crippen molar-refractivity contribution < 1.29 is 13.2 Å². The van der Waals surface area contributed by atoms with Gasteiger partial charge < -0.3 is 11.1 Å². The van der Waals surface area contributed by atoms with Gasteiger partial charge >= 0.3 is 0 Å². The van der Waals surface area contributed by atoms with Crippen molar-refractivity contribution in [2.45, 2.75) is 50.0 Å². The number of carbonyl (C=O) groups excluding carboxylic acids is 1. The van der Waals surface area contributed by atoms with E-state index in [1.165, 1.54) is 12.1 Å². The van der Waals surface area contributed by atoms with Crippen LogP contribution in [-0.4, -0.2) is 19.9 Å². The van der Waals surface area contributed by atoms with Crippen LogP contribution >= 0.6 is 0 Å². The SMILES string of the molecule is Cc1cc(S(N)(=O)=O)cc(NC(=O)C2(N)CCCC2)c1C. The second-order valence-corrected chi connectivity index (χ2v) is 7.34. The number of primary sulfonamides is 1. The maximum atomic E-state index is 12.3. The molecule has 0 unspecified atom stereocenters. The second kappa shape index (κ2) is 5.40. The van der Waals surface area contributed by atoms with Crippen LogP contribution in [0, 0.1) is 13.8 Å². The number of rotatable bonds is 3. The van der Waals surface area contributed by atoms with Crippen LogP contribution in [0.2, 0.25) is 0 Å². The van der Waals surface area contributed by atoms with E-state index in [0.29, 0.717) is 18.5 Å². The summed E-state index contributed by atoms with van der Waals surface area (Å²) in [4.78, 5) is 12.3. The summed E-state index contributed by atoms with van der Waals surface area (Å²) in [5, 5.41) is 7.92. The molecule has 7 heteroatoms. The molecular weight excluding hydrogens is 290 g/mol. The number of carbonyl (C=O) groups is 1. The van der Waals surface area contributed by atoms with E-state index < -0.39 is 15.6 Å². The maximum absolute atomic E-state index is 12.3. The van der Waals surface area contributed by atoms with Gasteiger partial charge in [-0.25, -0.2) is 13.6 Å². The van der Waals surface area contributed by atoms with E-state index in [2.05, 4.69) is 5.32 Å². The van der Waals surface area contributed by atoms with E-state index in [4.69, 9.17) is 10.9 Å². The minimum atomic E-state index is -3.82. The highest BCUT2D eigenvalue weighted by Crippen LogP contribution is 2.30. The summed E-state index contributed by atoms with van der Waals surface area (Å²) in [5.74, 6) is -0.269. The smallest absolute Gasteiger partial charge is 0.244 e. The minimum Gasteiger partial charge on any atom is -0.324 e. The Hall–Kier alpha value is -1.44. The summed E-state index contributed by atoms with van der Waals surface area (Å²) in [5.41, 5.74) is 7.24. The summed E-state index contributed by atoms with van der Waals surface area (Å²) in [6.07, 6.45) is 3.15. The van der Waals surface area contributed by atoms with Crippen molar-refractivity contribution in [3.05, 3.63) is 23.3 Å². The predicted molar refractivity (Wildman–Crippen MR) is 81.3 cm³/mol. The van der Waals surface area contributed by atoms with Gasteiger partial charge in [-0.15, -0.1) is 0 Å². The Labute approximate surface area is 124 Å². The van der Waals surface area contributed by atoms with Gasteiger partial charge in [0.25, 0.3) is 0 Å². The van der Waals surface area contributed by atoms with Gasteiger partial charge in [0.1, 0.15) is 0 Å². The zero-order valence-electron chi connectivity index (χ0n) is 12.3. The van der Waals surface area contributed by atoms with Crippen LogP contribution in [0.1, 0.15) is 36.8 Å². The number of benzene rings is 1. The summed E-state index contributed by atoms with van der Waals surface area (Å²) in [6, 6.07) is 2.88. The van der Waals surface area contributed by atoms with Crippen molar-refractivity contribution in [3.63, 3.8) is 0 Å². The molecule has 0 aliphatic heterocycles. The Kier molecular flexibility index (Phi) is 4.10. The van der Waals surface area contributed by atoms with Crippen LogP contribution in [0.4, 0.5) is 5.69 Å². The fourth-order valence-electron chi connectivity index (χ4n) is 2.60. The molecule has 1 aromatic rings. The number of hydrogen-bond donors (Lipinski definition) is 3. The standard InChI is InChI=1S/C14H21N3O3S/c1-9-7-11(21(16,19)20)8-12(10(9)2)17-13(18)14(15)5-3-4-6-14/h7-8H,3-6,15H2,1-2H3,(H,17,18)(H2,16,19,20). The van der Waals surface area contributed by atoms with Gasteiger partial charge in [0.2, 0.25) is 15.9 Å². The van der Waals surface area contributed by atoms with Crippen molar-refractivity contribution in [2.24, 2.45) is 10.9 Å². The maximum Gasteiger partial charge on any atom is 0.244 e. The third-order valence-electron chi connectivity index (χ3n) is 4.17. The van der Waals surface area contributed by atoms with Crippen LogP contribution in [0.5, 0.6) is 0 Å². The molecule has 0 spiro atoms. The van der Waals surface area contributed by atoms with Gasteiger partial charge in [-0.2, -0.15) is 0 Å². The highest BCUT2D eigenvalue weighted by Gasteiger charge is 2.37. The lowest BCUT2D eigenvalue weighted by molar-refractivity contribution is -0.121. The third kappa shape index (κ3) is 3.25. The van der Waals surface area contributed by atoms with Gasteiger partial charge in [-0.1, -0.05) is 12.8 Å². The van der Waals surface area contributed by atoms with Gasteiger partial charge in [0, 0.05) is 5.69 Å². The molecule has 1 fully saturated rings. The summed E-state index contributed by atoms with van der Waals surface area (Å²) < 4.78 is 23.0. The molecule has 21 heavy (non-hydrogen) atoms. The zero-order chi connectivity index (χ0) is 15.8. The predicted octanol–water partition coefficient (Wildman–Crippen LogP) is 1.16. The molecule has 0 heterocycles. The van der Waals surface area contributed by atoms with E-state index in [-0.39, 0.29) is 10.8 Å². The molecule has 0 saturated heterocycles. The normalized spacial score (nSPS) is 17.7. The molecule has 0 aromatic heterocycles. The van der Waals surface area contributed by atoms with Crippen LogP contribution in [0.15, 0.2) is 17.0 Å². The average molecular weight is 311 g/mol. The van der Waals surface area contributed by atoms with Crippen molar-refractivity contribution in [2.75, 3.05) is 5.32 Å². The first-order valence-electron chi connectivity index (χ1n) is 6.88. The summed E-state index contributed by atoms with van der Waals surface area (Å²) in [6.45, 7) is 3.59. The zero-order valence-corrected chi connectivity index (χ0v) is 13.1. The number of anilines is 1. The Bertz CT molecular complexity index is 677. The molecule has 6 nitrogen and oxygen atoms in total. The molecule has 1 aliphatic carbocycles. The molecule has 1 saturated carbocycles. The molecule has 0 atom stereocenters. The Morgan fingerprint density at radius 3 is 2.33 bits per heavy atom. The summed E-state index contributed by atoms with van der Waals surface area (Å²) in [7, 11) is -3.82. The molecule has 5 N–H and O–H groups in total. The van der Waals surface area contributed by atoms with E-state index in [1.807, 2.05) is 6.92 Å². The lowest BCUT2D eigenvalue weighted by atomic mass is 9.97. The molecule has 2 rings (SSSR count). The second-order valence-electron chi connectivity index (χ2n) is 5.78. The number of hydrogen-bond acceptors (Lipinski definition) is 4. The fraction of sp³-hybridized carbons (Fsp3) is 0.500. The van der Waals surface area contributed by atoms with Crippen molar-refractivity contribution in [1.29, 1.82) is 0 Å². The minimum absolute atomic E-state index is 0.0154. The monoisotopic (exact) mass is 311 g/mol. The average Bonchev–Trinajstić information content (AvgIpc) is 2.81. The molecule has 1 amide bonds. The highest BCUT2D eigenvalue weighted by atomic mass is 32.2. The van der Waals surface area contributed by atoms with E-state index in [1.54, 1.807) is 6.92 Å². The summed E-state index contributed by atoms with van der Waals surface area (Å²) >= 11 is 0. The van der Waals surface area contributed by atoms with Crippen molar-refractivity contribution >= 4 is 21.6 Å². The van der Waals surface area contributed by atoms with Crippen molar-refractivity contribution in [3.8, 4) is 0 Å². The largest absolute Gasteiger partial charge is 0.324 e. The van der Waals surface area contributed by atoms with Gasteiger partial charge in [0.15, 0.2) is 0 Å². The lowest BCUT2D eigenvalue weighted by Crippen LogP contribution is -2.48. The fourth-order valence-corrected chi connectivity index (χ4v) is 3.22. The number of sulfonamides is 1. The van der Waals surface area contributed by atoms with E-state index in [0.717, 1.165) is 24.0 Å². The van der Waals surface area contributed by atoms with Gasteiger partial charge in [-0.05, 0) is 49.9 Å². The van der Waals surface area contributed by atoms with Crippen LogP contribution in [-0.2, 0) is 14.8 Å². The van der Waals surface area contributed by atoms with E-state index in [9.17, 15) is 13.2 Å². The van der Waals surface area contributed by atoms with E-state index >= 15 is 0 Å². The Morgan fingerprint density at radius 1 is 1.24 bits per heavy atom. The molecule has 0 bridgehead atoms. The molecule has 1 aliphatic rings. The quantitative estimate of drug-likeness (QED) is 0.776. The first-order valence-corrected chi connectivity index (χ1v) is 8.42. The van der Waals surface area contributed by atoms with Gasteiger partial charge in [-0.3, -0.25) is 4.79 Å². The first kappa shape index (κ1) is 15.9. The Morgan fingerprint density at radius 2 is 1.81 bits per heavy atom. The van der Waals surface area contributed by atoms with Crippen LogP contribution < -0.4 is 16.2 Å². The number of nitrogens with one attached hydrogen (secondary N) is 1. The topological polar surface area (TPSA) is 115 Å². The number of aryl methyl sites for hydroxylation is 1. The molecule has 116 valence electrons. The van der Waals surface area contributed by atoms with Crippen LogP contribution in [0.3, 0.4) is 0 Å². The molecular formula is C14H21N3O3S. The third-order valence-corrected chi connectivity index (χ3v) is 5.06. The van der Waals surface area contributed by atoms with Crippen molar-refractivity contribution in [1.82, 2.24) is 0 Å². The van der Waals surface area contributed by atoms with Gasteiger partial charge in [0.05, 0.1) is 10.4 Å². The lowest BCUT2D eigenvalue weighted by Gasteiger charge is -2.23. The molecule has 0 radical (unpaired) electrons. The number of amides is 1. The Balaban J connectivity index is 2.36. The molecule has 1 aromatic carbocycles. The highest BCUT2D eigenvalue weighted by molar-refractivity contribution is 7.89. The number of nitrogens with two attached hydrogens (primary N) is 2. The first-order chi connectivity index (χ1) is 9.63.